The highest BCUT2D eigenvalue weighted by atomic mass is 35.5. The van der Waals surface area contributed by atoms with Gasteiger partial charge >= 0.3 is 5.97 Å². The maximum absolute atomic E-state index is 12.7. The van der Waals surface area contributed by atoms with Gasteiger partial charge in [-0.15, -0.1) is 0 Å². The number of aliphatic carboxylic acids is 1. The van der Waals surface area contributed by atoms with Crippen LogP contribution >= 0.6 is 23.2 Å². The lowest BCUT2D eigenvalue weighted by molar-refractivity contribution is -0.138. The van der Waals surface area contributed by atoms with E-state index < -0.39 is 5.97 Å². The van der Waals surface area contributed by atoms with Gasteiger partial charge in [0.2, 0.25) is 5.91 Å². The summed E-state index contributed by atoms with van der Waals surface area (Å²) >= 11 is 12.2. The molecular weight excluding hydrogens is 707 g/mol. The number of piperidine rings is 1. The van der Waals surface area contributed by atoms with E-state index in [-0.39, 0.29) is 17.5 Å². The van der Waals surface area contributed by atoms with Gasteiger partial charge in [-0.1, -0.05) is 77.8 Å². The van der Waals surface area contributed by atoms with Gasteiger partial charge < -0.3 is 10.0 Å². The molecule has 3 fully saturated rings. The fourth-order valence-corrected chi connectivity index (χ4v) is 9.00. The summed E-state index contributed by atoms with van der Waals surface area (Å²) in [6, 6.07) is 22.4. The van der Waals surface area contributed by atoms with Gasteiger partial charge in [-0.3, -0.25) is 24.1 Å². The van der Waals surface area contributed by atoms with E-state index in [4.69, 9.17) is 28.3 Å². The predicted molar refractivity (Wildman–Crippen MR) is 212 cm³/mol. The van der Waals surface area contributed by atoms with E-state index in [0.717, 1.165) is 95.0 Å². The molecule has 0 radical (unpaired) electrons. The number of likely N-dealkylation sites (tertiary alicyclic amines) is 1. The standard InChI is InChI=1S/C28H34Cl2N2O2.C16H20O3/c1-19(33)22-4-6-23(7-5-22)24-8-10-25(11-9-24)32(20(2)34)26-13-15-31(16-14-26)18-21-3-12-27(29)28(30)17-21;1-11(17)13-6-8-15(9-7-13)14-4-2-12(3-5-14)10-16(18)19/h3-7,12,17,24-26H,8-11,13-16,18H2,1-2H3;6-9,12,14H,2-5,10H2,1H3,(H,18,19). The molecule has 9 heteroatoms. The average Bonchev–Trinajstić information content (AvgIpc) is 3.14. The van der Waals surface area contributed by atoms with Crippen LogP contribution in [0.2, 0.25) is 10.0 Å². The second-order valence-electron chi connectivity index (χ2n) is 15.4. The molecule has 0 spiro atoms. The lowest BCUT2D eigenvalue weighted by atomic mass is 9.77. The van der Waals surface area contributed by atoms with E-state index in [0.29, 0.717) is 46.3 Å². The molecule has 53 heavy (non-hydrogen) atoms. The van der Waals surface area contributed by atoms with Gasteiger partial charge in [0.1, 0.15) is 0 Å². The molecule has 0 bridgehead atoms. The third-order valence-corrected chi connectivity index (χ3v) is 12.4. The third kappa shape index (κ3) is 11.5. The maximum atomic E-state index is 12.7. The minimum absolute atomic E-state index is 0.0942. The molecule has 3 aromatic rings. The number of halogens is 2. The minimum Gasteiger partial charge on any atom is -0.481 e. The van der Waals surface area contributed by atoms with Crippen molar-refractivity contribution in [3.8, 4) is 0 Å². The topological polar surface area (TPSA) is 95.0 Å². The Balaban J connectivity index is 0.000000241. The number of nitrogens with zero attached hydrogens (tertiary/aromatic N) is 2. The van der Waals surface area contributed by atoms with Crippen molar-refractivity contribution >= 4 is 46.6 Å². The van der Waals surface area contributed by atoms with Crippen LogP contribution in [-0.4, -0.2) is 63.5 Å². The second-order valence-corrected chi connectivity index (χ2v) is 16.2. The van der Waals surface area contributed by atoms with Crippen LogP contribution in [0.4, 0.5) is 0 Å². The Morgan fingerprint density at radius 3 is 1.55 bits per heavy atom. The summed E-state index contributed by atoms with van der Waals surface area (Å²) in [6.45, 7) is 7.73. The predicted octanol–water partition coefficient (Wildman–Crippen LogP) is 10.4. The number of hydrogen-bond donors (Lipinski definition) is 1. The highest BCUT2D eigenvalue weighted by molar-refractivity contribution is 6.42. The molecule has 0 atom stereocenters. The number of carboxylic acid groups (broad SMARTS) is 1. The monoisotopic (exact) mass is 760 g/mol. The van der Waals surface area contributed by atoms with E-state index in [1.54, 1.807) is 20.8 Å². The molecule has 1 amide bonds. The van der Waals surface area contributed by atoms with Crippen LogP contribution < -0.4 is 0 Å². The first-order valence-electron chi connectivity index (χ1n) is 19.3. The number of Topliss-reactive ketones (excluding diaryl/α,β-unsaturated/α-hetero) is 2. The lowest BCUT2D eigenvalue weighted by Gasteiger charge is -2.44. The summed E-state index contributed by atoms with van der Waals surface area (Å²) in [5.74, 6) is 1.09. The first-order chi connectivity index (χ1) is 25.4. The van der Waals surface area contributed by atoms with E-state index >= 15 is 0 Å². The Kier molecular flexibility index (Phi) is 14.7. The Hall–Kier alpha value is -3.52. The molecule has 2 saturated carbocycles. The average molecular weight is 762 g/mol. The molecular formula is C44H54Cl2N2O5. The van der Waals surface area contributed by atoms with Crippen LogP contribution in [0.1, 0.15) is 141 Å². The molecule has 6 rings (SSSR count). The lowest BCUT2D eigenvalue weighted by Crippen LogP contribution is -2.51. The van der Waals surface area contributed by atoms with E-state index in [1.165, 1.54) is 16.7 Å². The highest BCUT2D eigenvalue weighted by Crippen LogP contribution is 2.38. The molecule has 1 aliphatic heterocycles. The first-order valence-corrected chi connectivity index (χ1v) is 20.0. The summed E-state index contributed by atoms with van der Waals surface area (Å²) in [5.41, 5.74) is 5.28. The smallest absolute Gasteiger partial charge is 0.303 e. The van der Waals surface area contributed by atoms with Gasteiger partial charge in [0, 0.05) is 56.2 Å². The Labute approximate surface area is 325 Å². The molecule has 1 N–H and O–H groups in total. The van der Waals surface area contributed by atoms with Crippen LogP contribution in [0.15, 0.2) is 66.7 Å². The van der Waals surface area contributed by atoms with Gasteiger partial charge in [-0.05, 0) is 125 Å². The molecule has 0 unspecified atom stereocenters. The largest absolute Gasteiger partial charge is 0.481 e. The summed E-state index contributed by atoms with van der Waals surface area (Å²) in [7, 11) is 0. The molecule has 284 valence electrons. The number of carboxylic acids is 1. The van der Waals surface area contributed by atoms with Gasteiger partial charge in [0.25, 0.3) is 0 Å². The van der Waals surface area contributed by atoms with Crippen molar-refractivity contribution in [3.05, 3.63) is 105 Å². The number of amides is 1. The Morgan fingerprint density at radius 2 is 1.11 bits per heavy atom. The zero-order valence-electron chi connectivity index (χ0n) is 31.4. The van der Waals surface area contributed by atoms with Crippen LogP contribution in [-0.2, 0) is 16.1 Å². The van der Waals surface area contributed by atoms with Crippen molar-refractivity contribution in [1.29, 1.82) is 0 Å². The third-order valence-electron chi connectivity index (χ3n) is 11.7. The van der Waals surface area contributed by atoms with Gasteiger partial charge in [-0.2, -0.15) is 0 Å². The number of rotatable bonds is 10. The summed E-state index contributed by atoms with van der Waals surface area (Å²) in [4.78, 5) is 50.8. The van der Waals surface area contributed by atoms with Crippen molar-refractivity contribution in [2.24, 2.45) is 5.92 Å². The molecule has 2 aliphatic carbocycles. The Morgan fingerprint density at radius 1 is 0.642 bits per heavy atom. The quantitative estimate of drug-likeness (QED) is 0.207. The van der Waals surface area contributed by atoms with Gasteiger partial charge in [0.05, 0.1) is 10.0 Å². The van der Waals surface area contributed by atoms with Crippen molar-refractivity contribution < 1.29 is 24.3 Å². The van der Waals surface area contributed by atoms with Gasteiger partial charge in [0.15, 0.2) is 11.6 Å². The fraction of sp³-hybridized carbons (Fsp3) is 0.500. The summed E-state index contributed by atoms with van der Waals surface area (Å²) < 4.78 is 0. The van der Waals surface area contributed by atoms with Crippen LogP contribution in [0.5, 0.6) is 0 Å². The number of carbonyl (C=O) groups is 4. The SMILES string of the molecule is CC(=O)c1ccc(C2CCC(CC(=O)O)CC2)cc1.CC(=O)c1ccc(C2CCC(N(C(C)=O)C3CCN(Cc4ccc(Cl)c(Cl)c4)CC3)CC2)cc1. The van der Waals surface area contributed by atoms with E-state index in [1.807, 2.05) is 54.6 Å². The normalized spacial score (nSPS) is 22.3. The number of ketones is 2. The highest BCUT2D eigenvalue weighted by Gasteiger charge is 2.34. The number of carbonyl (C=O) groups excluding carboxylic acids is 3. The molecule has 3 aliphatic rings. The summed E-state index contributed by atoms with van der Waals surface area (Å²) in [5, 5.41) is 9.99. The first kappa shape index (κ1) is 40.7. The van der Waals surface area contributed by atoms with Crippen LogP contribution in [0.3, 0.4) is 0 Å². The number of hydrogen-bond acceptors (Lipinski definition) is 5. The van der Waals surface area contributed by atoms with Crippen LogP contribution in [0, 0.1) is 5.92 Å². The van der Waals surface area contributed by atoms with Crippen molar-refractivity contribution in [3.63, 3.8) is 0 Å². The molecule has 7 nitrogen and oxygen atoms in total. The maximum Gasteiger partial charge on any atom is 0.303 e. The molecule has 3 aromatic carbocycles. The van der Waals surface area contributed by atoms with E-state index in [2.05, 4.69) is 21.9 Å². The van der Waals surface area contributed by atoms with Crippen molar-refractivity contribution in [2.75, 3.05) is 13.1 Å². The molecule has 1 saturated heterocycles. The Bertz CT molecular complexity index is 1700. The minimum atomic E-state index is -0.686. The summed E-state index contributed by atoms with van der Waals surface area (Å²) in [6.07, 6.45) is 10.7. The molecule has 1 heterocycles. The van der Waals surface area contributed by atoms with Crippen molar-refractivity contribution in [2.45, 2.75) is 122 Å². The van der Waals surface area contributed by atoms with Gasteiger partial charge in [-0.25, -0.2) is 0 Å². The zero-order chi connectivity index (χ0) is 38.1. The van der Waals surface area contributed by atoms with Crippen LogP contribution in [0.25, 0.3) is 0 Å². The second kappa shape index (κ2) is 19.2. The zero-order valence-corrected chi connectivity index (χ0v) is 32.9. The fourth-order valence-electron chi connectivity index (χ4n) is 8.68. The molecule has 0 aromatic heterocycles. The number of benzene rings is 3. The van der Waals surface area contributed by atoms with E-state index in [9.17, 15) is 19.2 Å². The van der Waals surface area contributed by atoms with Crippen molar-refractivity contribution in [1.82, 2.24) is 9.80 Å².